The minimum Gasteiger partial charge on any atom is -0.483 e. The number of halogens is 2. The van der Waals surface area contributed by atoms with E-state index in [-0.39, 0.29) is 12.5 Å². The lowest BCUT2D eigenvalue weighted by Crippen LogP contribution is -2.24. The number of carbonyl (C=O) groups is 1. The molecule has 0 aliphatic carbocycles. The summed E-state index contributed by atoms with van der Waals surface area (Å²) in [6, 6.07) is 13.1. The Hall–Kier alpha value is -1.85. The van der Waals surface area contributed by atoms with Crippen molar-refractivity contribution in [3.8, 4) is 5.75 Å². The molecule has 1 amide bonds. The SMILES string of the molecule is CC(C)c1ccc(/C=N/NC(=O)COc2ccc(Cl)cc2Br)cc1. The maximum absolute atomic E-state index is 11.7. The van der Waals surface area contributed by atoms with Crippen molar-refractivity contribution in [2.24, 2.45) is 5.10 Å². The van der Waals surface area contributed by atoms with Crippen LogP contribution in [0.5, 0.6) is 5.75 Å². The van der Waals surface area contributed by atoms with E-state index in [0.29, 0.717) is 21.2 Å². The van der Waals surface area contributed by atoms with Gasteiger partial charge in [-0.1, -0.05) is 49.7 Å². The fraction of sp³-hybridized carbons (Fsp3) is 0.222. The van der Waals surface area contributed by atoms with Gasteiger partial charge in [-0.15, -0.1) is 0 Å². The van der Waals surface area contributed by atoms with Crippen LogP contribution < -0.4 is 10.2 Å². The van der Waals surface area contributed by atoms with Crippen molar-refractivity contribution < 1.29 is 9.53 Å². The van der Waals surface area contributed by atoms with E-state index < -0.39 is 0 Å². The molecule has 6 heteroatoms. The Morgan fingerprint density at radius 3 is 2.62 bits per heavy atom. The Kier molecular flexibility index (Phi) is 6.82. The monoisotopic (exact) mass is 408 g/mol. The highest BCUT2D eigenvalue weighted by Crippen LogP contribution is 2.27. The zero-order valence-corrected chi connectivity index (χ0v) is 15.8. The number of benzene rings is 2. The van der Waals surface area contributed by atoms with E-state index in [4.69, 9.17) is 16.3 Å². The van der Waals surface area contributed by atoms with E-state index in [2.05, 4.69) is 52.4 Å². The molecule has 0 fully saturated rings. The number of carbonyl (C=O) groups excluding carboxylic acids is 1. The lowest BCUT2D eigenvalue weighted by Gasteiger charge is -2.07. The van der Waals surface area contributed by atoms with Gasteiger partial charge >= 0.3 is 0 Å². The zero-order chi connectivity index (χ0) is 17.5. The summed E-state index contributed by atoms with van der Waals surface area (Å²) in [6.45, 7) is 4.15. The van der Waals surface area contributed by atoms with Crippen molar-refractivity contribution in [2.75, 3.05) is 6.61 Å². The molecule has 0 atom stereocenters. The first-order valence-corrected chi connectivity index (χ1v) is 8.62. The summed E-state index contributed by atoms with van der Waals surface area (Å²) in [7, 11) is 0. The van der Waals surface area contributed by atoms with Gasteiger partial charge in [-0.25, -0.2) is 5.43 Å². The molecule has 1 N–H and O–H groups in total. The highest BCUT2D eigenvalue weighted by molar-refractivity contribution is 9.10. The molecule has 126 valence electrons. The van der Waals surface area contributed by atoms with Crippen LogP contribution in [0.4, 0.5) is 0 Å². The lowest BCUT2D eigenvalue weighted by molar-refractivity contribution is -0.123. The van der Waals surface area contributed by atoms with Crippen LogP contribution in [-0.4, -0.2) is 18.7 Å². The molecule has 0 aliphatic rings. The number of hydrazone groups is 1. The number of rotatable bonds is 6. The van der Waals surface area contributed by atoms with Crippen molar-refractivity contribution in [1.29, 1.82) is 0 Å². The van der Waals surface area contributed by atoms with E-state index in [1.54, 1.807) is 24.4 Å². The Balaban J connectivity index is 1.82. The molecule has 0 radical (unpaired) electrons. The van der Waals surface area contributed by atoms with E-state index in [0.717, 1.165) is 5.56 Å². The van der Waals surface area contributed by atoms with Gasteiger partial charge in [0.15, 0.2) is 6.61 Å². The zero-order valence-electron chi connectivity index (χ0n) is 13.4. The quantitative estimate of drug-likeness (QED) is 0.552. The second-order valence-corrected chi connectivity index (χ2v) is 6.77. The highest BCUT2D eigenvalue weighted by Gasteiger charge is 2.05. The number of hydrogen-bond donors (Lipinski definition) is 1. The normalized spacial score (nSPS) is 11.0. The third-order valence-electron chi connectivity index (χ3n) is 3.26. The van der Waals surface area contributed by atoms with Gasteiger partial charge in [-0.2, -0.15) is 5.10 Å². The van der Waals surface area contributed by atoms with E-state index in [1.807, 2.05) is 12.1 Å². The first-order chi connectivity index (χ1) is 11.5. The Morgan fingerprint density at radius 2 is 2.00 bits per heavy atom. The van der Waals surface area contributed by atoms with E-state index >= 15 is 0 Å². The summed E-state index contributed by atoms with van der Waals surface area (Å²) >= 11 is 9.17. The molecule has 2 rings (SSSR count). The highest BCUT2D eigenvalue weighted by atomic mass is 79.9. The van der Waals surface area contributed by atoms with Crippen LogP contribution in [0.3, 0.4) is 0 Å². The van der Waals surface area contributed by atoms with Crippen molar-refractivity contribution in [2.45, 2.75) is 19.8 Å². The average Bonchev–Trinajstić information content (AvgIpc) is 2.54. The van der Waals surface area contributed by atoms with Gasteiger partial charge in [-0.3, -0.25) is 4.79 Å². The van der Waals surface area contributed by atoms with Crippen molar-refractivity contribution >= 4 is 39.7 Å². The molecule has 0 bridgehead atoms. The molecule has 0 aromatic heterocycles. The molecule has 0 spiro atoms. The lowest BCUT2D eigenvalue weighted by atomic mass is 10.0. The number of nitrogens with one attached hydrogen (secondary N) is 1. The van der Waals surface area contributed by atoms with Gasteiger partial charge in [-0.05, 0) is 51.2 Å². The van der Waals surface area contributed by atoms with Crippen LogP contribution in [0.15, 0.2) is 52.0 Å². The maximum Gasteiger partial charge on any atom is 0.277 e. The number of hydrogen-bond acceptors (Lipinski definition) is 3. The summed E-state index contributed by atoms with van der Waals surface area (Å²) in [5.74, 6) is 0.690. The second-order valence-electron chi connectivity index (χ2n) is 5.48. The minimum atomic E-state index is -0.341. The van der Waals surface area contributed by atoms with Crippen molar-refractivity contribution in [1.82, 2.24) is 5.43 Å². The van der Waals surface area contributed by atoms with Crippen LogP contribution in [0.25, 0.3) is 0 Å². The summed E-state index contributed by atoms with van der Waals surface area (Å²) < 4.78 is 6.10. The molecule has 24 heavy (non-hydrogen) atoms. The second kappa shape index (κ2) is 8.85. The van der Waals surface area contributed by atoms with Gasteiger partial charge in [0.2, 0.25) is 0 Å². The van der Waals surface area contributed by atoms with Crippen LogP contribution in [0, 0.1) is 0 Å². The Bertz CT molecular complexity index is 730. The van der Waals surface area contributed by atoms with Crippen molar-refractivity contribution in [3.63, 3.8) is 0 Å². The molecule has 2 aromatic carbocycles. The molecular formula is C18H18BrClN2O2. The van der Waals surface area contributed by atoms with Crippen LogP contribution in [0.2, 0.25) is 5.02 Å². The largest absolute Gasteiger partial charge is 0.483 e. The van der Waals surface area contributed by atoms with Crippen LogP contribution in [-0.2, 0) is 4.79 Å². The standard InChI is InChI=1S/C18H18BrClN2O2/c1-12(2)14-5-3-13(4-6-14)10-21-22-18(23)11-24-17-8-7-15(20)9-16(17)19/h3-10,12H,11H2,1-2H3,(H,22,23)/b21-10+. The third kappa shape index (κ3) is 5.65. The third-order valence-corrected chi connectivity index (χ3v) is 4.11. The fourth-order valence-electron chi connectivity index (χ4n) is 1.91. The van der Waals surface area contributed by atoms with Gasteiger partial charge in [0.1, 0.15) is 5.75 Å². The predicted octanol–water partition coefficient (Wildman–Crippen LogP) is 4.76. The molecule has 0 unspecified atom stereocenters. The number of nitrogens with zero attached hydrogens (tertiary/aromatic N) is 1. The van der Waals surface area contributed by atoms with Crippen molar-refractivity contribution in [3.05, 3.63) is 63.1 Å². The number of ether oxygens (including phenoxy) is 1. The Morgan fingerprint density at radius 1 is 1.29 bits per heavy atom. The molecule has 2 aromatic rings. The van der Waals surface area contributed by atoms with Crippen LogP contribution in [0.1, 0.15) is 30.9 Å². The molecule has 0 saturated heterocycles. The van der Waals surface area contributed by atoms with E-state index in [9.17, 15) is 4.79 Å². The maximum atomic E-state index is 11.7. The minimum absolute atomic E-state index is 0.135. The summed E-state index contributed by atoms with van der Waals surface area (Å²) in [5, 5.41) is 4.52. The summed E-state index contributed by atoms with van der Waals surface area (Å²) in [4.78, 5) is 11.7. The van der Waals surface area contributed by atoms with Crippen LogP contribution >= 0.6 is 27.5 Å². The molecular weight excluding hydrogens is 392 g/mol. The molecule has 0 saturated carbocycles. The summed E-state index contributed by atoms with van der Waals surface area (Å²) in [5.41, 5.74) is 4.61. The van der Waals surface area contributed by atoms with Gasteiger partial charge in [0.05, 0.1) is 10.7 Å². The Labute approximate surface area is 155 Å². The first-order valence-electron chi connectivity index (χ1n) is 7.45. The summed E-state index contributed by atoms with van der Waals surface area (Å²) in [6.07, 6.45) is 1.60. The smallest absolute Gasteiger partial charge is 0.277 e. The van der Waals surface area contributed by atoms with E-state index in [1.165, 1.54) is 5.56 Å². The fourth-order valence-corrected chi connectivity index (χ4v) is 2.71. The van der Waals surface area contributed by atoms with Gasteiger partial charge < -0.3 is 4.74 Å². The van der Waals surface area contributed by atoms with Gasteiger partial charge in [0.25, 0.3) is 5.91 Å². The molecule has 4 nitrogen and oxygen atoms in total. The number of amides is 1. The topological polar surface area (TPSA) is 50.7 Å². The first kappa shape index (κ1) is 18.5. The molecule has 0 aliphatic heterocycles. The average molecular weight is 410 g/mol. The van der Waals surface area contributed by atoms with Gasteiger partial charge in [0, 0.05) is 5.02 Å². The predicted molar refractivity (Wildman–Crippen MR) is 101 cm³/mol. The molecule has 0 heterocycles.